The molecule has 1 fully saturated rings. The summed E-state index contributed by atoms with van der Waals surface area (Å²) in [6.07, 6.45) is 7.58. The molecule has 20 heavy (non-hydrogen) atoms. The van der Waals surface area contributed by atoms with Gasteiger partial charge in [0.05, 0.1) is 6.54 Å². The largest absolute Gasteiger partial charge is 0.480 e. The zero-order valence-corrected chi connectivity index (χ0v) is 10.7. The van der Waals surface area contributed by atoms with Gasteiger partial charge in [-0.15, -0.1) is 0 Å². The number of nitrogens with one attached hydrogen (secondary N) is 2. The molecule has 0 bridgehead atoms. The Labute approximate surface area is 115 Å². The molecule has 7 heteroatoms. The van der Waals surface area contributed by atoms with E-state index in [-0.39, 0.29) is 13.0 Å². The van der Waals surface area contributed by atoms with Gasteiger partial charge in [0.15, 0.2) is 0 Å². The molecule has 2 aliphatic heterocycles. The van der Waals surface area contributed by atoms with Gasteiger partial charge in [-0.1, -0.05) is 18.2 Å². The van der Waals surface area contributed by atoms with Crippen LogP contribution in [0.15, 0.2) is 35.7 Å². The summed E-state index contributed by atoms with van der Waals surface area (Å²) in [5.74, 6) is -1.12. The van der Waals surface area contributed by atoms with Gasteiger partial charge in [-0.25, -0.2) is 9.59 Å². The second kappa shape index (κ2) is 4.29. The smallest absolute Gasteiger partial charge is 0.408 e. The topological polar surface area (TPSA) is 102 Å². The lowest BCUT2D eigenvalue weighted by molar-refractivity contribution is -0.141. The molecule has 2 atom stereocenters. The van der Waals surface area contributed by atoms with Crippen molar-refractivity contribution in [3.63, 3.8) is 0 Å². The number of likely N-dealkylation sites (tertiary alicyclic amines) is 1. The Morgan fingerprint density at radius 2 is 2.20 bits per heavy atom. The maximum atomic E-state index is 11.2. The fourth-order valence-electron chi connectivity index (χ4n) is 2.87. The van der Waals surface area contributed by atoms with Crippen molar-refractivity contribution in [2.75, 3.05) is 6.54 Å². The van der Waals surface area contributed by atoms with Gasteiger partial charge >= 0.3 is 12.1 Å². The van der Waals surface area contributed by atoms with E-state index < -0.39 is 23.8 Å². The number of carboxylic acid groups (broad SMARTS) is 2. The van der Waals surface area contributed by atoms with Crippen molar-refractivity contribution >= 4 is 12.1 Å². The molecule has 2 unspecified atom stereocenters. The first kappa shape index (κ1) is 12.6. The molecule has 2 heterocycles. The molecule has 0 radical (unpaired) electrons. The zero-order valence-electron chi connectivity index (χ0n) is 10.7. The molecule has 1 aliphatic carbocycles. The number of fused-ring (bicyclic) bond motifs is 1. The van der Waals surface area contributed by atoms with E-state index in [0.29, 0.717) is 0 Å². The predicted octanol–water partition coefficient (Wildman–Crippen LogP) is 0.440. The van der Waals surface area contributed by atoms with Crippen LogP contribution in [0.1, 0.15) is 12.8 Å². The van der Waals surface area contributed by atoms with E-state index in [0.717, 1.165) is 22.6 Å². The molecule has 1 amide bonds. The van der Waals surface area contributed by atoms with E-state index in [4.69, 9.17) is 5.11 Å². The normalized spacial score (nSPS) is 31.0. The van der Waals surface area contributed by atoms with E-state index in [1.54, 1.807) is 0 Å². The van der Waals surface area contributed by atoms with E-state index in [9.17, 15) is 14.7 Å². The second-order valence-corrected chi connectivity index (χ2v) is 5.18. The third kappa shape index (κ3) is 1.91. The van der Waals surface area contributed by atoms with Crippen molar-refractivity contribution in [3.8, 4) is 0 Å². The quantitative estimate of drug-likeness (QED) is 0.555. The summed E-state index contributed by atoms with van der Waals surface area (Å²) in [6.45, 7) is 0.0874. The molecular formula is C13H15N3O4. The molecule has 1 spiro atoms. The van der Waals surface area contributed by atoms with Crippen LogP contribution in [-0.2, 0) is 4.79 Å². The van der Waals surface area contributed by atoms with Gasteiger partial charge in [0, 0.05) is 23.9 Å². The van der Waals surface area contributed by atoms with Crippen LogP contribution >= 0.6 is 0 Å². The number of aliphatic carboxylic acids is 1. The minimum Gasteiger partial charge on any atom is -0.480 e. The van der Waals surface area contributed by atoms with Gasteiger partial charge in [-0.3, -0.25) is 4.90 Å². The number of carboxylic acids is 1. The zero-order chi connectivity index (χ0) is 14.3. The summed E-state index contributed by atoms with van der Waals surface area (Å²) in [5.41, 5.74) is 1.16. The lowest BCUT2D eigenvalue weighted by Gasteiger charge is -2.37. The van der Waals surface area contributed by atoms with Gasteiger partial charge in [0.2, 0.25) is 0 Å². The third-order valence-corrected chi connectivity index (χ3v) is 3.83. The highest BCUT2D eigenvalue weighted by Gasteiger charge is 2.50. The van der Waals surface area contributed by atoms with Crippen LogP contribution in [0.5, 0.6) is 0 Å². The lowest BCUT2D eigenvalue weighted by atomic mass is 9.98. The van der Waals surface area contributed by atoms with Crippen LogP contribution in [0.3, 0.4) is 0 Å². The van der Waals surface area contributed by atoms with E-state index in [1.807, 2.05) is 24.4 Å². The minimum atomic E-state index is -1.22. The maximum absolute atomic E-state index is 11.2. The van der Waals surface area contributed by atoms with Gasteiger partial charge in [-0.2, -0.15) is 0 Å². The van der Waals surface area contributed by atoms with E-state index in [1.165, 1.54) is 0 Å². The average Bonchev–Trinajstić information content (AvgIpc) is 2.78. The summed E-state index contributed by atoms with van der Waals surface area (Å²) >= 11 is 0. The first-order chi connectivity index (χ1) is 9.51. The van der Waals surface area contributed by atoms with Crippen molar-refractivity contribution in [3.05, 3.63) is 35.7 Å². The van der Waals surface area contributed by atoms with Crippen LogP contribution < -0.4 is 10.6 Å². The number of amides is 1. The molecular weight excluding hydrogens is 262 g/mol. The number of nitrogens with zero attached hydrogens (tertiary/aromatic N) is 1. The number of rotatable bonds is 1. The predicted molar refractivity (Wildman–Crippen MR) is 69.7 cm³/mol. The molecule has 0 aromatic rings. The molecule has 0 aromatic carbocycles. The molecule has 0 aromatic heterocycles. The van der Waals surface area contributed by atoms with E-state index >= 15 is 0 Å². The van der Waals surface area contributed by atoms with Crippen LogP contribution in [0, 0.1) is 0 Å². The first-order valence-corrected chi connectivity index (χ1v) is 6.36. The van der Waals surface area contributed by atoms with Crippen molar-refractivity contribution in [1.29, 1.82) is 0 Å². The monoisotopic (exact) mass is 277 g/mol. The number of allylic oxidation sites excluding steroid dienone is 3. The highest BCUT2D eigenvalue weighted by molar-refractivity contribution is 5.80. The van der Waals surface area contributed by atoms with E-state index in [2.05, 4.69) is 10.6 Å². The average molecular weight is 277 g/mol. The van der Waals surface area contributed by atoms with Crippen molar-refractivity contribution in [1.82, 2.24) is 15.5 Å². The summed E-state index contributed by atoms with van der Waals surface area (Å²) in [6, 6.07) is -1.04. The second-order valence-electron chi connectivity index (χ2n) is 5.18. The summed E-state index contributed by atoms with van der Waals surface area (Å²) in [7, 11) is 0. The van der Waals surface area contributed by atoms with Crippen molar-refractivity contribution < 1.29 is 19.8 Å². The first-order valence-electron chi connectivity index (χ1n) is 6.36. The summed E-state index contributed by atoms with van der Waals surface area (Å²) in [5, 5.41) is 24.7. The standard InChI is InChI=1S/C13H15N3O4/c17-11(18)10-5-13(7-16(10)12(19)20)14-6-8-3-1-2-4-9(8)15-13/h1,3-4,6,10,14-15H,2,5,7H2,(H,17,18)(H,19,20). The van der Waals surface area contributed by atoms with Gasteiger partial charge < -0.3 is 20.8 Å². The Hall–Kier alpha value is -2.44. The highest BCUT2D eigenvalue weighted by Crippen LogP contribution is 2.31. The molecule has 3 rings (SSSR count). The minimum absolute atomic E-state index is 0.0874. The third-order valence-electron chi connectivity index (χ3n) is 3.83. The number of hydrogen-bond donors (Lipinski definition) is 4. The van der Waals surface area contributed by atoms with Crippen LogP contribution in [0.2, 0.25) is 0 Å². The van der Waals surface area contributed by atoms with Gasteiger partial charge in [0.1, 0.15) is 11.7 Å². The van der Waals surface area contributed by atoms with Crippen LogP contribution in [0.4, 0.5) is 4.79 Å². The Bertz CT molecular complexity index is 542. The lowest BCUT2D eigenvalue weighted by Crippen LogP contribution is -2.59. The molecule has 106 valence electrons. The molecule has 3 aliphatic rings. The summed E-state index contributed by atoms with van der Waals surface area (Å²) in [4.78, 5) is 23.4. The van der Waals surface area contributed by atoms with Crippen molar-refractivity contribution in [2.45, 2.75) is 24.5 Å². The molecule has 1 saturated heterocycles. The Kier molecular flexibility index (Phi) is 2.70. The summed E-state index contributed by atoms with van der Waals surface area (Å²) < 4.78 is 0. The maximum Gasteiger partial charge on any atom is 0.408 e. The van der Waals surface area contributed by atoms with Gasteiger partial charge in [-0.05, 0) is 6.42 Å². The Morgan fingerprint density at radius 3 is 2.85 bits per heavy atom. The van der Waals surface area contributed by atoms with Gasteiger partial charge in [0.25, 0.3) is 0 Å². The molecule has 7 nitrogen and oxygen atoms in total. The molecule has 0 saturated carbocycles. The Balaban J connectivity index is 1.88. The number of carbonyl (C=O) groups is 2. The fourth-order valence-corrected chi connectivity index (χ4v) is 2.87. The highest BCUT2D eigenvalue weighted by atomic mass is 16.4. The van der Waals surface area contributed by atoms with Crippen LogP contribution in [0.25, 0.3) is 0 Å². The number of hydrogen-bond acceptors (Lipinski definition) is 4. The van der Waals surface area contributed by atoms with Crippen molar-refractivity contribution in [2.24, 2.45) is 0 Å². The Morgan fingerprint density at radius 1 is 1.40 bits per heavy atom. The fraction of sp³-hybridized carbons (Fsp3) is 0.385. The van der Waals surface area contributed by atoms with Crippen LogP contribution in [-0.4, -0.2) is 45.4 Å². The molecule has 4 N–H and O–H groups in total. The SMILES string of the molecule is O=C(O)C1CC2(CN1C(=O)O)NC=C1C=CCC=C1N2.